The zero-order valence-corrected chi connectivity index (χ0v) is 16.6. The van der Waals surface area contributed by atoms with Gasteiger partial charge in [-0.25, -0.2) is 4.90 Å². The molecule has 0 saturated carbocycles. The molecule has 7 heteroatoms. The number of likely N-dealkylation sites (N-methyl/N-ethyl adjacent to an activating group) is 1. The quantitative estimate of drug-likeness (QED) is 0.579. The van der Waals surface area contributed by atoms with Crippen LogP contribution in [-0.2, 0) is 9.59 Å². The Morgan fingerprint density at radius 3 is 2.10 bits per heavy atom. The summed E-state index contributed by atoms with van der Waals surface area (Å²) in [5.74, 6) is -0.268. The number of hydrogen-bond donors (Lipinski definition) is 0. The second-order valence-electron chi connectivity index (χ2n) is 7.31. The Bertz CT molecular complexity index is 889. The fourth-order valence-corrected chi connectivity index (χ4v) is 3.84. The number of hydrogen-bond acceptors (Lipinski definition) is 6. The third kappa shape index (κ3) is 4.26. The molecule has 0 aromatic heterocycles. The first-order chi connectivity index (χ1) is 14.2. The maximum absolute atomic E-state index is 13.0. The molecule has 2 saturated heterocycles. The van der Waals surface area contributed by atoms with Gasteiger partial charge in [0.05, 0.1) is 29.5 Å². The van der Waals surface area contributed by atoms with Crippen LogP contribution < -0.4 is 4.90 Å². The minimum Gasteiger partial charge on any atom is -0.301 e. The van der Waals surface area contributed by atoms with Crippen LogP contribution in [0.15, 0.2) is 64.8 Å². The highest BCUT2D eigenvalue weighted by atomic mass is 16.2. The molecule has 29 heavy (non-hydrogen) atoms. The zero-order valence-electron chi connectivity index (χ0n) is 16.6. The molecule has 1 unspecified atom stereocenters. The van der Waals surface area contributed by atoms with Gasteiger partial charge in [-0.1, -0.05) is 25.1 Å². The number of piperazine rings is 1. The number of amides is 2. The van der Waals surface area contributed by atoms with E-state index in [1.807, 2.05) is 30.3 Å². The maximum Gasteiger partial charge on any atom is 0.251 e. The zero-order chi connectivity index (χ0) is 20.2. The van der Waals surface area contributed by atoms with E-state index in [4.69, 9.17) is 0 Å². The van der Waals surface area contributed by atoms with E-state index in [0.29, 0.717) is 11.4 Å². The minimum atomic E-state index is -0.348. The summed E-state index contributed by atoms with van der Waals surface area (Å²) >= 11 is 0. The molecule has 0 N–H and O–H groups in total. The fourth-order valence-electron chi connectivity index (χ4n) is 3.84. The highest BCUT2D eigenvalue weighted by Crippen LogP contribution is 2.28. The molecular formula is C22H25N5O2. The highest BCUT2D eigenvalue weighted by Gasteiger charge is 2.43. The first-order valence-corrected chi connectivity index (χ1v) is 10.1. The standard InChI is InChI=1S/C22H25N5O2/c1-2-25-12-14-26(15-13-25)20-16-21(28)27(22(20)29)19-10-8-18(9-11-19)24-23-17-6-4-3-5-7-17/h3-11,20H,2,12-16H2,1H3. The van der Waals surface area contributed by atoms with Gasteiger partial charge >= 0.3 is 0 Å². The molecule has 0 spiro atoms. The van der Waals surface area contributed by atoms with Gasteiger partial charge in [-0.3, -0.25) is 14.5 Å². The average molecular weight is 391 g/mol. The second-order valence-corrected chi connectivity index (χ2v) is 7.31. The second kappa shape index (κ2) is 8.63. The molecule has 2 amide bonds. The Morgan fingerprint density at radius 1 is 0.862 bits per heavy atom. The van der Waals surface area contributed by atoms with E-state index >= 15 is 0 Å². The van der Waals surface area contributed by atoms with Crippen molar-refractivity contribution in [3.8, 4) is 0 Å². The van der Waals surface area contributed by atoms with Crippen molar-refractivity contribution in [2.24, 2.45) is 10.2 Å². The average Bonchev–Trinajstić information content (AvgIpc) is 3.07. The van der Waals surface area contributed by atoms with Gasteiger partial charge in [0.25, 0.3) is 5.91 Å². The molecule has 4 rings (SSSR count). The summed E-state index contributed by atoms with van der Waals surface area (Å²) < 4.78 is 0. The van der Waals surface area contributed by atoms with Crippen LogP contribution in [-0.4, -0.2) is 60.4 Å². The largest absolute Gasteiger partial charge is 0.301 e. The van der Waals surface area contributed by atoms with Crippen molar-refractivity contribution in [3.05, 3.63) is 54.6 Å². The molecule has 2 aromatic carbocycles. The first-order valence-electron chi connectivity index (χ1n) is 10.1. The predicted molar refractivity (Wildman–Crippen MR) is 112 cm³/mol. The molecular weight excluding hydrogens is 366 g/mol. The lowest BCUT2D eigenvalue weighted by Gasteiger charge is -2.36. The molecule has 2 aromatic rings. The topological polar surface area (TPSA) is 68.6 Å². The number of carbonyl (C=O) groups is 2. The molecule has 7 nitrogen and oxygen atoms in total. The van der Waals surface area contributed by atoms with Crippen molar-refractivity contribution >= 4 is 28.9 Å². The van der Waals surface area contributed by atoms with Crippen molar-refractivity contribution < 1.29 is 9.59 Å². The van der Waals surface area contributed by atoms with Crippen molar-refractivity contribution in [3.63, 3.8) is 0 Å². The van der Waals surface area contributed by atoms with Gasteiger partial charge in [0.1, 0.15) is 0 Å². The van der Waals surface area contributed by atoms with Crippen molar-refractivity contribution in [1.29, 1.82) is 0 Å². The summed E-state index contributed by atoms with van der Waals surface area (Å²) in [6.07, 6.45) is 0.250. The molecule has 0 radical (unpaired) electrons. The minimum absolute atomic E-state index is 0.126. The van der Waals surface area contributed by atoms with Crippen LogP contribution in [0.2, 0.25) is 0 Å². The Balaban J connectivity index is 1.43. The summed E-state index contributed by atoms with van der Waals surface area (Å²) in [6, 6.07) is 16.2. The van der Waals surface area contributed by atoms with E-state index in [1.165, 1.54) is 4.90 Å². The Hall–Kier alpha value is -2.90. The number of nitrogens with zero attached hydrogens (tertiary/aromatic N) is 5. The summed E-state index contributed by atoms with van der Waals surface area (Å²) in [4.78, 5) is 31.4. The van der Waals surface area contributed by atoms with Gasteiger partial charge in [0, 0.05) is 26.2 Å². The van der Waals surface area contributed by atoms with Gasteiger partial charge < -0.3 is 4.90 Å². The van der Waals surface area contributed by atoms with Crippen molar-refractivity contribution in [2.75, 3.05) is 37.6 Å². The van der Waals surface area contributed by atoms with E-state index in [0.717, 1.165) is 38.4 Å². The smallest absolute Gasteiger partial charge is 0.251 e. The molecule has 2 heterocycles. The molecule has 150 valence electrons. The number of benzene rings is 2. The number of carbonyl (C=O) groups excluding carboxylic acids is 2. The number of azo groups is 1. The predicted octanol–water partition coefficient (Wildman–Crippen LogP) is 3.37. The third-order valence-electron chi connectivity index (χ3n) is 5.56. The van der Waals surface area contributed by atoms with Gasteiger partial charge in [-0.05, 0) is 42.9 Å². The molecule has 0 aliphatic carbocycles. The lowest BCUT2D eigenvalue weighted by Crippen LogP contribution is -2.52. The monoisotopic (exact) mass is 391 g/mol. The van der Waals surface area contributed by atoms with E-state index in [9.17, 15) is 9.59 Å². The van der Waals surface area contributed by atoms with Crippen LogP contribution in [0.3, 0.4) is 0 Å². The summed E-state index contributed by atoms with van der Waals surface area (Å²) in [7, 11) is 0. The Kier molecular flexibility index (Phi) is 5.78. The van der Waals surface area contributed by atoms with Crippen LogP contribution >= 0.6 is 0 Å². The molecule has 0 bridgehead atoms. The summed E-state index contributed by atoms with van der Waals surface area (Å²) in [5.41, 5.74) is 2.03. The third-order valence-corrected chi connectivity index (χ3v) is 5.56. The van der Waals surface area contributed by atoms with Crippen molar-refractivity contribution in [2.45, 2.75) is 19.4 Å². The van der Waals surface area contributed by atoms with E-state index in [2.05, 4.69) is 27.0 Å². The lowest BCUT2D eigenvalue weighted by atomic mass is 10.1. The van der Waals surface area contributed by atoms with Crippen LogP contribution in [0.5, 0.6) is 0 Å². The first kappa shape index (κ1) is 19.4. The van der Waals surface area contributed by atoms with Gasteiger partial charge in [0.15, 0.2) is 0 Å². The van der Waals surface area contributed by atoms with Gasteiger partial charge in [0.2, 0.25) is 5.91 Å². The van der Waals surface area contributed by atoms with E-state index in [1.54, 1.807) is 24.3 Å². The van der Waals surface area contributed by atoms with Gasteiger partial charge in [-0.15, -0.1) is 0 Å². The fraction of sp³-hybridized carbons (Fsp3) is 0.364. The maximum atomic E-state index is 13.0. The van der Waals surface area contributed by atoms with Crippen LogP contribution in [0, 0.1) is 0 Å². The highest BCUT2D eigenvalue weighted by molar-refractivity contribution is 6.22. The Labute approximate surface area is 170 Å². The SMILES string of the molecule is CCN1CCN(C2CC(=O)N(c3ccc(N=Nc4ccccc4)cc3)C2=O)CC1. The molecule has 2 aliphatic rings. The van der Waals surface area contributed by atoms with E-state index < -0.39 is 0 Å². The van der Waals surface area contributed by atoms with Crippen LogP contribution in [0.4, 0.5) is 17.1 Å². The lowest BCUT2D eigenvalue weighted by molar-refractivity contribution is -0.123. The number of imide groups is 1. The van der Waals surface area contributed by atoms with Crippen LogP contribution in [0.1, 0.15) is 13.3 Å². The molecule has 2 aliphatic heterocycles. The van der Waals surface area contributed by atoms with Crippen molar-refractivity contribution in [1.82, 2.24) is 9.80 Å². The molecule has 1 atom stereocenters. The summed E-state index contributed by atoms with van der Waals surface area (Å²) in [6.45, 7) is 6.69. The van der Waals surface area contributed by atoms with Gasteiger partial charge in [-0.2, -0.15) is 10.2 Å². The number of rotatable bonds is 5. The Morgan fingerprint density at radius 2 is 1.48 bits per heavy atom. The summed E-state index contributed by atoms with van der Waals surface area (Å²) in [5, 5.41) is 8.40. The van der Waals surface area contributed by atoms with E-state index in [-0.39, 0.29) is 24.3 Å². The normalized spacial score (nSPS) is 21.4. The number of anilines is 1. The molecule has 2 fully saturated rings. The van der Waals surface area contributed by atoms with Crippen LogP contribution in [0.25, 0.3) is 0 Å².